The van der Waals surface area contributed by atoms with Crippen molar-refractivity contribution >= 4 is 11.8 Å². The van der Waals surface area contributed by atoms with E-state index in [9.17, 15) is 4.79 Å². The summed E-state index contributed by atoms with van der Waals surface area (Å²) in [4.78, 5) is 23.6. The van der Waals surface area contributed by atoms with Crippen molar-refractivity contribution in [3.63, 3.8) is 0 Å². The summed E-state index contributed by atoms with van der Waals surface area (Å²) in [5.41, 5.74) is 4.18. The third-order valence-electron chi connectivity index (χ3n) is 4.99. The van der Waals surface area contributed by atoms with Crippen molar-refractivity contribution in [1.29, 1.82) is 0 Å². The topological polar surface area (TPSA) is 63.9 Å². The molecule has 1 fully saturated rings. The highest BCUT2D eigenvalue weighted by Gasteiger charge is 2.26. The van der Waals surface area contributed by atoms with Crippen LogP contribution in [-0.4, -0.2) is 43.0 Å². The fraction of sp³-hybridized carbons (Fsp3) is 0.556. The SMILES string of the molecule is Cc1cnc(CN2CCCC2Cn2nc3c(cc2=O)CSCC3)cn1. The van der Waals surface area contributed by atoms with E-state index in [1.54, 1.807) is 10.7 Å². The molecule has 6 nitrogen and oxygen atoms in total. The van der Waals surface area contributed by atoms with Gasteiger partial charge in [-0.2, -0.15) is 16.9 Å². The molecule has 0 aromatic carbocycles. The van der Waals surface area contributed by atoms with E-state index in [0.717, 1.165) is 66.5 Å². The van der Waals surface area contributed by atoms with Crippen LogP contribution in [0.4, 0.5) is 0 Å². The van der Waals surface area contributed by atoms with Gasteiger partial charge in [0.1, 0.15) is 0 Å². The predicted octanol–water partition coefficient (Wildman–Crippen LogP) is 1.80. The molecule has 0 amide bonds. The summed E-state index contributed by atoms with van der Waals surface area (Å²) in [7, 11) is 0. The van der Waals surface area contributed by atoms with Crippen LogP contribution in [0.15, 0.2) is 23.3 Å². The lowest BCUT2D eigenvalue weighted by molar-refractivity contribution is 0.213. The van der Waals surface area contributed by atoms with Gasteiger partial charge in [-0.1, -0.05) is 0 Å². The number of rotatable bonds is 4. The normalized spacial score (nSPS) is 20.6. The lowest BCUT2D eigenvalue weighted by atomic mass is 10.2. The van der Waals surface area contributed by atoms with Gasteiger partial charge in [0.2, 0.25) is 0 Å². The van der Waals surface area contributed by atoms with Gasteiger partial charge in [-0.15, -0.1) is 0 Å². The summed E-state index contributed by atoms with van der Waals surface area (Å²) in [5, 5.41) is 4.67. The van der Waals surface area contributed by atoms with E-state index >= 15 is 0 Å². The van der Waals surface area contributed by atoms with Crippen LogP contribution in [0.5, 0.6) is 0 Å². The van der Waals surface area contributed by atoms with E-state index < -0.39 is 0 Å². The second-order valence-corrected chi connectivity index (χ2v) is 7.96. The maximum Gasteiger partial charge on any atom is 0.267 e. The van der Waals surface area contributed by atoms with E-state index in [-0.39, 0.29) is 5.56 Å². The predicted molar refractivity (Wildman–Crippen MR) is 98.6 cm³/mol. The van der Waals surface area contributed by atoms with E-state index in [2.05, 4.69) is 20.0 Å². The Morgan fingerprint density at radius 2 is 2.24 bits per heavy atom. The molecule has 7 heteroatoms. The lowest BCUT2D eigenvalue weighted by Gasteiger charge is -2.25. The zero-order valence-electron chi connectivity index (χ0n) is 14.5. The molecule has 2 aliphatic rings. The molecular weight excluding hydrogens is 334 g/mol. The molecule has 0 bridgehead atoms. The molecule has 4 rings (SSSR count). The van der Waals surface area contributed by atoms with Gasteiger partial charge in [0.15, 0.2) is 0 Å². The number of thioether (sulfide) groups is 1. The van der Waals surface area contributed by atoms with Gasteiger partial charge >= 0.3 is 0 Å². The quantitative estimate of drug-likeness (QED) is 0.831. The van der Waals surface area contributed by atoms with E-state index in [1.165, 1.54) is 0 Å². The van der Waals surface area contributed by atoms with Gasteiger partial charge in [-0.25, -0.2) is 4.68 Å². The molecule has 1 atom stereocenters. The van der Waals surface area contributed by atoms with Crippen molar-refractivity contribution in [3.8, 4) is 0 Å². The minimum absolute atomic E-state index is 0.0308. The summed E-state index contributed by atoms with van der Waals surface area (Å²) in [6.07, 6.45) is 6.88. The van der Waals surface area contributed by atoms with Gasteiger partial charge in [0.25, 0.3) is 5.56 Å². The van der Waals surface area contributed by atoms with Crippen molar-refractivity contribution < 1.29 is 0 Å². The van der Waals surface area contributed by atoms with Crippen molar-refractivity contribution in [1.82, 2.24) is 24.6 Å². The van der Waals surface area contributed by atoms with Crippen LogP contribution in [0.3, 0.4) is 0 Å². The first-order valence-electron chi connectivity index (χ1n) is 8.88. The highest BCUT2D eigenvalue weighted by atomic mass is 32.2. The number of hydrogen-bond donors (Lipinski definition) is 0. The van der Waals surface area contributed by atoms with E-state index in [1.807, 2.05) is 31.1 Å². The van der Waals surface area contributed by atoms with E-state index in [4.69, 9.17) is 0 Å². The van der Waals surface area contributed by atoms with Gasteiger partial charge in [0, 0.05) is 43.2 Å². The van der Waals surface area contributed by atoms with Crippen LogP contribution >= 0.6 is 11.8 Å². The molecule has 1 saturated heterocycles. The summed E-state index contributed by atoms with van der Waals surface area (Å²) in [6, 6.07) is 2.13. The summed E-state index contributed by atoms with van der Waals surface area (Å²) >= 11 is 1.88. The second kappa shape index (κ2) is 7.25. The van der Waals surface area contributed by atoms with Crippen molar-refractivity contribution in [2.45, 2.75) is 51.1 Å². The molecule has 1 unspecified atom stereocenters. The zero-order chi connectivity index (χ0) is 17.2. The van der Waals surface area contributed by atoms with Crippen LogP contribution in [0.25, 0.3) is 0 Å². The third kappa shape index (κ3) is 3.77. The first kappa shape index (κ1) is 16.7. The van der Waals surface area contributed by atoms with Gasteiger partial charge < -0.3 is 0 Å². The Morgan fingerprint density at radius 3 is 3.08 bits per heavy atom. The van der Waals surface area contributed by atoms with Crippen LogP contribution in [0.1, 0.15) is 35.5 Å². The number of hydrogen-bond acceptors (Lipinski definition) is 6. The smallest absolute Gasteiger partial charge is 0.267 e. The molecule has 0 N–H and O–H groups in total. The minimum Gasteiger partial charge on any atom is -0.293 e. The highest BCUT2D eigenvalue weighted by Crippen LogP contribution is 2.23. The number of fused-ring (bicyclic) bond motifs is 1. The van der Waals surface area contributed by atoms with Gasteiger partial charge in [-0.3, -0.25) is 19.7 Å². The largest absolute Gasteiger partial charge is 0.293 e. The molecule has 0 spiro atoms. The fourth-order valence-corrected chi connectivity index (χ4v) is 4.55. The molecule has 0 radical (unpaired) electrons. The molecule has 132 valence electrons. The molecule has 2 aromatic rings. The number of aromatic nitrogens is 4. The average molecular weight is 357 g/mol. The molecule has 25 heavy (non-hydrogen) atoms. The van der Waals surface area contributed by atoms with Gasteiger partial charge in [0.05, 0.1) is 23.6 Å². The Balaban J connectivity index is 1.49. The lowest BCUT2D eigenvalue weighted by Crippen LogP contribution is -2.37. The van der Waals surface area contributed by atoms with Crippen molar-refractivity contribution in [2.75, 3.05) is 12.3 Å². The Bertz CT molecular complexity index is 804. The Morgan fingerprint density at radius 1 is 1.32 bits per heavy atom. The molecular formula is C18H23N5OS. The summed E-state index contributed by atoms with van der Waals surface area (Å²) in [5.74, 6) is 2.01. The molecule has 0 aliphatic carbocycles. The highest BCUT2D eigenvalue weighted by molar-refractivity contribution is 7.98. The van der Waals surface area contributed by atoms with Crippen LogP contribution in [0.2, 0.25) is 0 Å². The third-order valence-corrected chi connectivity index (χ3v) is 6.00. The average Bonchev–Trinajstić information content (AvgIpc) is 3.04. The molecule has 0 saturated carbocycles. The van der Waals surface area contributed by atoms with Crippen LogP contribution < -0.4 is 5.56 Å². The maximum absolute atomic E-state index is 12.4. The summed E-state index contributed by atoms with van der Waals surface area (Å²) in [6.45, 7) is 4.44. The number of aryl methyl sites for hydroxylation is 2. The fourth-order valence-electron chi connectivity index (χ4n) is 3.60. The first-order chi connectivity index (χ1) is 12.2. The Labute approximate surface area is 151 Å². The van der Waals surface area contributed by atoms with E-state index in [0.29, 0.717) is 12.6 Å². The second-order valence-electron chi connectivity index (χ2n) is 6.85. The van der Waals surface area contributed by atoms with Crippen molar-refractivity contribution in [3.05, 3.63) is 51.5 Å². The van der Waals surface area contributed by atoms with Crippen LogP contribution in [0, 0.1) is 6.92 Å². The zero-order valence-corrected chi connectivity index (χ0v) is 15.3. The number of likely N-dealkylation sites (tertiary alicyclic amines) is 1. The molecule has 2 aliphatic heterocycles. The first-order valence-corrected chi connectivity index (χ1v) is 10.0. The monoisotopic (exact) mass is 357 g/mol. The molecule has 2 aromatic heterocycles. The minimum atomic E-state index is 0.0308. The number of nitrogens with zero attached hydrogens (tertiary/aromatic N) is 5. The Kier molecular flexibility index (Phi) is 4.85. The van der Waals surface area contributed by atoms with Crippen LogP contribution in [-0.2, 0) is 25.3 Å². The van der Waals surface area contributed by atoms with Gasteiger partial charge in [-0.05, 0) is 37.6 Å². The Hall–Kier alpha value is -1.73. The maximum atomic E-state index is 12.4. The molecule has 4 heterocycles. The standard InChI is InChI=1S/C18H23N5OS/c1-13-8-20-15(9-19-13)10-22-5-2-3-16(22)11-23-18(24)7-14-12-25-6-4-17(14)21-23/h7-9,16H,2-6,10-12H2,1H3. The van der Waals surface area contributed by atoms with Crippen molar-refractivity contribution in [2.24, 2.45) is 0 Å². The summed E-state index contributed by atoms with van der Waals surface area (Å²) < 4.78 is 1.68.